The Labute approximate surface area is 113 Å². The van der Waals surface area contributed by atoms with Crippen molar-refractivity contribution in [3.63, 3.8) is 0 Å². The zero-order valence-corrected chi connectivity index (χ0v) is 11.9. The summed E-state index contributed by atoms with van der Waals surface area (Å²) in [6, 6.07) is 0. The number of carbonyl (C=O) groups excluding carboxylic acids is 1. The molecule has 6 nitrogen and oxygen atoms in total. The van der Waals surface area contributed by atoms with Crippen LogP contribution in [0, 0.1) is 0 Å². The first-order chi connectivity index (χ1) is 9.06. The molecule has 1 aromatic rings. The number of nitrogens with two attached hydrogens (primary N) is 1. The van der Waals surface area contributed by atoms with Gasteiger partial charge in [-0.1, -0.05) is 0 Å². The van der Waals surface area contributed by atoms with Gasteiger partial charge in [0.15, 0.2) is 5.69 Å². The fourth-order valence-corrected chi connectivity index (χ4v) is 1.63. The Morgan fingerprint density at radius 1 is 1.47 bits per heavy atom. The highest BCUT2D eigenvalue weighted by molar-refractivity contribution is 5.92. The van der Waals surface area contributed by atoms with E-state index in [1.54, 1.807) is 17.8 Å². The first kappa shape index (κ1) is 15.5. The second-order valence-electron chi connectivity index (χ2n) is 4.52. The Kier molecular flexibility index (Phi) is 6.35. The second kappa shape index (κ2) is 7.78. The van der Waals surface area contributed by atoms with E-state index < -0.39 is 5.97 Å². The Hall–Kier alpha value is -1.56. The third-order valence-corrected chi connectivity index (χ3v) is 2.59. The molecule has 0 aliphatic carbocycles. The molecule has 0 aliphatic heterocycles. The number of imidazole rings is 1. The van der Waals surface area contributed by atoms with Crippen molar-refractivity contribution in [3.05, 3.63) is 12.0 Å². The van der Waals surface area contributed by atoms with Crippen molar-refractivity contribution in [2.45, 2.75) is 46.3 Å². The number of ether oxygens (including phenoxy) is 2. The highest BCUT2D eigenvalue weighted by atomic mass is 16.5. The number of nitrogen functional groups attached to an aromatic ring is 1. The summed E-state index contributed by atoms with van der Waals surface area (Å²) in [5.41, 5.74) is 6.06. The van der Waals surface area contributed by atoms with E-state index in [0.717, 1.165) is 26.0 Å². The van der Waals surface area contributed by atoms with Crippen LogP contribution in [0.1, 0.15) is 44.1 Å². The predicted molar refractivity (Wildman–Crippen MR) is 72.9 cm³/mol. The molecule has 6 heteroatoms. The van der Waals surface area contributed by atoms with Gasteiger partial charge in [0.25, 0.3) is 0 Å². The van der Waals surface area contributed by atoms with Gasteiger partial charge in [-0.25, -0.2) is 9.78 Å². The summed E-state index contributed by atoms with van der Waals surface area (Å²) in [6.45, 7) is 7.55. The van der Waals surface area contributed by atoms with Crippen molar-refractivity contribution in [3.8, 4) is 0 Å². The summed E-state index contributed by atoms with van der Waals surface area (Å²) in [7, 11) is 0. The number of aromatic nitrogens is 2. The smallest absolute Gasteiger partial charge is 0.360 e. The van der Waals surface area contributed by atoms with Gasteiger partial charge in [-0.3, -0.25) is 0 Å². The molecule has 0 aromatic carbocycles. The van der Waals surface area contributed by atoms with E-state index in [1.807, 2.05) is 13.8 Å². The highest BCUT2D eigenvalue weighted by Gasteiger charge is 2.16. The summed E-state index contributed by atoms with van der Waals surface area (Å²) in [4.78, 5) is 15.5. The molecule has 0 fully saturated rings. The molecule has 0 saturated heterocycles. The Morgan fingerprint density at radius 2 is 2.21 bits per heavy atom. The Bertz CT molecular complexity index is 402. The largest absolute Gasteiger partial charge is 0.461 e. The summed E-state index contributed by atoms with van der Waals surface area (Å²) in [5, 5.41) is 0. The third-order valence-electron chi connectivity index (χ3n) is 2.59. The second-order valence-corrected chi connectivity index (χ2v) is 4.52. The fourth-order valence-electron chi connectivity index (χ4n) is 1.63. The third kappa shape index (κ3) is 4.90. The number of carbonyl (C=O) groups is 1. The number of aryl methyl sites for hydroxylation is 1. The van der Waals surface area contributed by atoms with Crippen molar-refractivity contribution in [2.24, 2.45) is 0 Å². The molecule has 108 valence electrons. The van der Waals surface area contributed by atoms with Crippen molar-refractivity contribution in [1.82, 2.24) is 9.55 Å². The molecule has 0 aliphatic rings. The van der Waals surface area contributed by atoms with Gasteiger partial charge >= 0.3 is 5.97 Å². The molecular formula is C13H23N3O3. The maximum absolute atomic E-state index is 11.5. The van der Waals surface area contributed by atoms with Crippen LogP contribution in [0.25, 0.3) is 0 Å². The maximum atomic E-state index is 11.5. The summed E-state index contributed by atoms with van der Waals surface area (Å²) >= 11 is 0. The van der Waals surface area contributed by atoms with Gasteiger partial charge in [-0.15, -0.1) is 0 Å². The first-order valence-electron chi connectivity index (χ1n) is 6.65. The standard InChI is InChI=1S/C13H23N3O3/c1-4-18-13(17)11-12(14)16(9-15-11)7-5-6-8-19-10(2)3/h9-10H,4-8,14H2,1-3H3. The number of anilines is 1. The lowest BCUT2D eigenvalue weighted by Gasteiger charge is -2.08. The van der Waals surface area contributed by atoms with Crippen LogP contribution < -0.4 is 5.73 Å². The molecule has 0 bridgehead atoms. The van der Waals surface area contributed by atoms with E-state index in [9.17, 15) is 4.79 Å². The molecule has 0 atom stereocenters. The zero-order valence-electron chi connectivity index (χ0n) is 11.9. The number of rotatable bonds is 8. The van der Waals surface area contributed by atoms with E-state index in [2.05, 4.69) is 4.98 Å². The molecule has 0 saturated carbocycles. The van der Waals surface area contributed by atoms with Crippen LogP contribution in [0.3, 0.4) is 0 Å². The Morgan fingerprint density at radius 3 is 2.84 bits per heavy atom. The van der Waals surface area contributed by atoms with Crippen molar-refractivity contribution in [2.75, 3.05) is 18.9 Å². The van der Waals surface area contributed by atoms with Crippen molar-refractivity contribution in [1.29, 1.82) is 0 Å². The molecule has 0 spiro atoms. The SMILES string of the molecule is CCOC(=O)c1ncn(CCCCOC(C)C)c1N. The van der Waals surface area contributed by atoms with Gasteiger partial charge in [0.1, 0.15) is 5.82 Å². The fraction of sp³-hybridized carbons (Fsp3) is 0.692. The number of nitrogens with zero attached hydrogens (tertiary/aromatic N) is 2. The minimum Gasteiger partial charge on any atom is -0.461 e. The van der Waals surface area contributed by atoms with E-state index in [0.29, 0.717) is 12.4 Å². The minimum absolute atomic E-state index is 0.195. The molecule has 0 amide bonds. The lowest BCUT2D eigenvalue weighted by Crippen LogP contribution is -2.10. The van der Waals surface area contributed by atoms with Gasteiger partial charge < -0.3 is 19.8 Å². The predicted octanol–water partition coefficient (Wildman–Crippen LogP) is 1.85. The monoisotopic (exact) mass is 269 g/mol. The molecule has 0 unspecified atom stereocenters. The number of hydrogen-bond acceptors (Lipinski definition) is 5. The number of unbranched alkanes of at least 4 members (excludes halogenated alkanes) is 1. The highest BCUT2D eigenvalue weighted by Crippen LogP contribution is 2.12. The lowest BCUT2D eigenvalue weighted by atomic mass is 10.3. The summed E-state index contributed by atoms with van der Waals surface area (Å²) < 4.78 is 12.1. The molecule has 1 rings (SSSR count). The maximum Gasteiger partial charge on any atom is 0.360 e. The van der Waals surface area contributed by atoms with Crippen molar-refractivity contribution < 1.29 is 14.3 Å². The normalized spacial score (nSPS) is 10.9. The van der Waals surface area contributed by atoms with E-state index in [-0.39, 0.29) is 11.8 Å². The quantitative estimate of drug-likeness (QED) is 0.575. The van der Waals surface area contributed by atoms with Gasteiger partial charge in [-0.05, 0) is 33.6 Å². The molecule has 2 N–H and O–H groups in total. The van der Waals surface area contributed by atoms with E-state index >= 15 is 0 Å². The van der Waals surface area contributed by atoms with Crippen LogP contribution >= 0.6 is 0 Å². The number of hydrogen-bond donors (Lipinski definition) is 1. The van der Waals surface area contributed by atoms with Crippen LogP contribution in [0.4, 0.5) is 5.82 Å². The van der Waals surface area contributed by atoms with E-state index in [4.69, 9.17) is 15.2 Å². The first-order valence-corrected chi connectivity index (χ1v) is 6.65. The summed E-state index contributed by atoms with van der Waals surface area (Å²) in [6.07, 6.45) is 3.71. The van der Waals surface area contributed by atoms with Gasteiger partial charge in [0.2, 0.25) is 0 Å². The minimum atomic E-state index is -0.470. The van der Waals surface area contributed by atoms with Crippen LogP contribution in [0.5, 0.6) is 0 Å². The van der Waals surface area contributed by atoms with Crippen LogP contribution in [-0.2, 0) is 16.0 Å². The average Bonchev–Trinajstić information content (AvgIpc) is 2.70. The van der Waals surface area contributed by atoms with Crippen LogP contribution in [0.15, 0.2) is 6.33 Å². The topological polar surface area (TPSA) is 79.4 Å². The van der Waals surface area contributed by atoms with E-state index in [1.165, 1.54) is 0 Å². The molecule has 19 heavy (non-hydrogen) atoms. The molecule has 0 radical (unpaired) electrons. The molecule has 1 aromatic heterocycles. The van der Waals surface area contributed by atoms with Crippen LogP contribution in [0.2, 0.25) is 0 Å². The number of esters is 1. The van der Waals surface area contributed by atoms with Gasteiger partial charge in [0, 0.05) is 13.2 Å². The Balaban J connectivity index is 2.41. The molecule has 1 heterocycles. The average molecular weight is 269 g/mol. The summed E-state index contributed by atoms with van der Waals surface area (Å²) in [5.74, 6) is -0.106. The van der Waals surface area contributed by atoms with Gasteiger partial charge in [0.05, 0.1) is 19.0 Å². The van der Waals surface area contributed by atoms with Crippen molar-refractivity contribution >= 4 is 11.8 Å². The molecular weight excluding hydrogens is 246 g/mol. The zero-order chi connectivity index (χ0) is 14.3. The lowest BCUT2D eigenvalue weighted by molar-refractivity contribution is 0.0521. The van der Waals surface area contributed by atoms with Gasteiger partial charge in [-0.2, -0.15) is 0 Å². The van der Waals surface area contributed by atoms with Crippen LogP contribution in [-0.4, -0.2) is 34.8 Å².